The van der Waals surface area contributed by atoms with Crippen LogP contribution < -0.4 is 5.32 Å². The molecule has 4 nitrogen and oxygen atoms in total. The largest absolute Gasteiger partial charge is 0.418 e. The van der Waals surface area contributed by atoms with Gasteiger partial charge in [0.2, 0.25) is 0 Å². The highest BCUT2D eigenvalue weighted by molar-refractivity contribution is 7.11. The van der Waals surface area contributed by atoms with Gasteiger partial charge >= 0.3 is 6.18 Å². The second kappa shape index (κ2) is 5.76. The van der Waals surface area contributed by atoms with Crippen LogP contribution in [-0.2, 0) is 6.54 Å². The maximum absolute atomic E-state index is 12.3. The second-order valence-electron chi connectivity index (χ2n) is 4.13. The Morgan fingerprint density at radius 2 is 1.90 bits per heavy atom. The molecule has 1 unspecified atom stereocenters. The number of hydrogen-bond acceptors (Lipinski definition) is 5. The van der Waals surface area contributed by atoms with Gasteiger partial charge in [0.15, 0.2) is 6.10 Å². The van der Waals surface area contributed by atoms with Crippen LogP contribution in [0.4, 0.5) is 18.9 Å². The molecule has 1 heterocycles. The summed E-state index contributed by atoms with van der Waals surface area (Å²) in [7, 11) is 0. The molecule has 0 fully saturated rings. The van der Waals surface area contributed by atoms with Crippen molar-refractivity contribution in [2.24, 2.45) is 0 Å². The Bertz CT molecular complexity index is 568. The van der Waals surface area contributed by atoms with Gasteiger partial charge in [-0.2, -0.15) is 13.2 Å². The van der Waals surface area contributed by atoms with E-state index in [0.29, 0.717) is 12.2 Å². The van der Waals surface area contributed by atoms with Crippen molar-refractivity contribution in [3.63, 3.8) is 0 Å². The first-order valence-electron chi connectivity index (χ1n) is 5.74. The van der Waals surface area contributed by atoms with Crippen LogP contribution >= 0.6 is 11.3 Å². The molecule has 2 aromatic rings. The van der Waals surface area contributed by atoms with Crippen molar-refractivity contribution in [1.29, 1.82) is 0 Å². The van der Waals surface area contributed by atoms with E-state index in [1.54, 1.807) is 0 Å². The van der Waals surface area contributed by atoms with Gasteiger partial charge < -0.3 is 10.4 Å². The number of aliphatic hydroxyl groups is 1. The van der Waals surface area contributed by atoms with Crippen LogP contribution in [0.15, 0.2) is 24.3 Å². The Labute approximate surface area is 117 Å². The van der Waals surface area contributed by atoms with Gasteiger partial charge in [-0.05, 0) is 24.6 Å². The number of aromatic nitrogens is 2. The van der Waals surface area contributed by atoms with Crippen molar-refractivity contribution < 1.29 is 18.3 Å². The molecule has 2 N–H and O–H groups in total. The standard InChI is InChI=1S/C12H12F3N3OS/c1-7-17-18-10(20-7)6-16-9-4-2-8(3-5-9)11(19)12(13,14)15/h2-5,11,16,19H,6H2,1H3. The van der Waals surface area contributed by atoms with E-state index in [0.717, 1.165) is 10.0 Å². The van der Waals surface area contributed by atoms with Crippen molar-refractivity contribution in [1.82, 2.24) is 10.2 Å². The molecule has 1 atom stereocenters. The summed E-state index contributed by atoms with van der Waals surface area (Å²) >= 11 is 1.44. The van der Waals surface area contributed by atoms with Crippen LogP contribution in [0, 0.1) is 6.92 Å². The van der Waals surface area contributed by atoms with E-state index in [9.17, 15) is 13.2 Å². The van der Waals surface area contributed by atoms with Crippen molar-refractivity contribution in [2.75, 3.05) is 5.32 Å². The van der Waals surface area contributed by atoms with Crippen LogP contribution in [0.25, 0.3) is 0 Å². The molecule has 0 saturated heterocycles. The smallest absolute Gasteiger partial charge is 0.379 e. The lowest BCUT2D eigenvalue weighted by Crippen LogP contribution is -2.20. The minimum absolute atomic E-state index is 0.185. The van der Waals surface area contributed by atoms with Gasteiger partial charge in [-0.1, -0.05) is 23.5 Å². The lowest BCUT2D eigenvalue weighted by Gasteiger charge is -2.15. The third-order valence-electron chi connectivity index (χ3n) is 2.55. The molecule has 0 saturated carbocycles. The summed E-state index contributed by atoms with van der Waals surface area (Å²) in [5, 5.41) is 21.6. The van der Waals surface area contributed by atoms with E-state index in [4.69, 9.17) is 5.11 Å². The molecule has 0 aliphatic rings. The van der Waals surface area contributed by atoms with E-state index in [1.807, 2.05) is 6.92 Å². The summed E-state index contributed by atoms with van der Waals surface area (Å²) in [6, 6.07) is 5.45. The maximum Gasteiger partial charge on any atom is 0.418 e. The fraction of sp³-hybridized carbons (Fsp3) is 0.333. The van der Waals surface area contributed by atoms with E-state index < -0.39 is 12.3 Å². The number of aliphatic hydroxyl groups excluding tert-OH is 1. The predicted molar refractivity (Wildman–Crippen MR) is 69.4 cm³/mol. The highest BCUT2D eigenvalue weighted by Gasteiger charge is 2.39. The number of nitrogens with one attached hydrogen (secondary N) is 1. The van der Waals surface area contributed by atoms with Gasteiger partial charge in [0.1, 0.15) is 10.0 Å². The number of rotatable bonds is 4. The molecule has 108 valence electrons. The number of aryl methyl sites for hydroxylation is 1. The van der Waals surface area contributed by atoms with Gasteiger partial charge in [0.25, 0.3) is 0 Å². The first-order valence-corrected chi connectivity index (χ1v) is 6.55. The summed E-state index contributed by atoms with van der Waals surface area (Å²) in [5.74, 6) is 0. The van der Waals surface area contributed by atoms with Gasteiger partial charge in [-0.25, -0.2) is 0 Å². The SMILES string of the molecule is Cc1nnc(CNc2ccc(C(O)C(F)(F)F)cc2)s1. The Kier molecular flexibility index (Phi) is 4.24. The molecule has 0 bridgehead atoms. The highest BCUT2D eigenvalue weighted by Crippen LogP contribution is 2.32. The zero-order chi connectivity index (χ0) is 14.8. The number of anilines is 1. The molecule has 2 rings (SSSR count). The molecule has 8 heteroatoms. The third kappa shape index (κ3) is 3.67. The molecular weight excluding hydrogens is 291 g/mol. The number of alkyl halides is 3. The molecule has 0 radical (unpaired) electrons. The summed E-state index contributed by atoms with van der Waals surface area (Å²) in [6.07, 6.45) is -7.11. The quantitative estimate of drug-likeness (QED) is 0.911. The third-order valence-corrected chi connectivity index (χ3v) is 3.39. The summed E-state index contributed by atoms with van der Waals surface area (Å²) in [4.78, 5) is 0. The Morgan fingerprint density at radius 1 is 1.25 bits per heavy atom. The lowest BCUT2D eigenvalue weighted by molar-refractivity contribution is -0.206. The minimum Gasteiger partial charge on any atom is -0.379 e. The molecule has 20 heavy (non-hydrogen) atoms. The van der Waals surface area contributed by atoms with E-state index in [-0.39, 0.29) is 5.56 Å². The van der Waals surface area contributed by atoms with E-state index in [1.165, 1.54) is 35.6 Å². The Hall–Kier alpha value is -1.67. The summed E-state index contributed by atoms with van der Waals surface area (Å²) in [6.45, 7) is 2.29. The zero-order valence-corrected chi connectivity index (χ0v) is 11.3. The van der Waals surface area contributed by atoms with Gasteiger partial charge in [0.05, 0.1) is 6.54 Å². The summed E-state index contributed by atoms with van der Waals surface area (Å²) < 4.78 is 37.0. The van der Waals surface area contributed by atoms with Gasteiger partial charge in [-0.15, -0.1) is 10.2 Å². The minimum atomic E-state index is -4.65. The monoisotopic (exact) mass is 303 g/mol. The van der Waals surface area contributed by atoms with Crippen LogP contribution in [0.5, 0.6) is 0 Å². The van der Waals surface area contributed by atoms with Gasteiger partial charge in [-0.3, -0.25) is 0 Å². The fourth-order valence-electron chi connectivity index (χ4n) is 1.56. The van der Waals surface area contributed by atoms with Crippen LogP contribution in [0.3, 0.4) is 0 Å². The van der Waals surface area contributed by atoms with Crippen molar-refractivity contribution >= 4 is 17.0 Å². The first-order chi connectivity index (χ1) is 9.36. The molecule has 0 aliphatic carbocycles. The molecule has 0 spiro atoms. The first kappa shape index (κ1) is 14.7. The van der Waals surface area contributed by atoms with Crippen molar-refractivity contribution in [3.05, 3.63) is 39.8 Å². The Balaban J connectivity index is 1.98. The fourth-order valence-corrected chi connectivity index (χ4v) is 2.21. The Morgan fingerprint density at radius 3 is 2.40 bits per heavy atom. The molecule has 0 amide bonds. The molecular formula is C12H12F3N3OS. The number of nitrogens with zero attached hydrogens (tertiary/aromatic N) is 2. The van der Waals surface area contributed by atoms with Crippen LogP contribution in [0.2, 0.25) is 0 Å². The van der Waals surface area contributed by atoms with E-state index in [2.05, 4.69) is 15.5 Å². The molecule has 1 aromatic heterocycles. The number of hydrogen-bond donors (Lipinski definition) is 2. The van der Waals surface area contributed by atoms with Crippen molar-refractivity contribution in [2.45, 2.75) is 25.7 Å². The topological polar surface area (TPSA) is 58.0 Å². The summed E-state index contributed by atoms with van der Waals surface area (Å²) in [5.41, 5.74) is 0.464. The zero-order valence-electron chi connectivity index (χ0n) is 10.5. The van der Waals surface area contributed by atoms with Crippen molar-refractivity contribution in [3.8, 4) is 0 Å². The molecule has 1 aromatic carbocycles. The average Bonchev–Trinajstić information content (AvgIpc) is 2.81. The number of halogens is 3. The molecule has 0 aliphatic heterocycles. The number of benzene rings is 1. The highest BCUT2D eigenvalue weighted by atomic mass is 32.1. The maximum atomic E-state index is 12.3. The average molecular weight is 303 g/mol. The van der Waals surface area contributed by atoms with E-state index >= 15 is 0 Å². The lowest BCUT2D eigenvalue weighted by atomic mass is 10.1. The van der Waals surface area contributed by atoms with Gasteiger partial charge in [0, 0.05) is 5.69 Å². The van der Waals surface area contributed by atoms with Crippen LogP contribution in [-0.4, -0.2) is 21.5 Å². The predicted octanol–water partition coefficient (Wildman–Crippen LogP) is 3.05. The van der Waals surface area contributed by atoms with Crippen LogP contribution in [0.1, 0.15) is 21.7 Å². The second-order valence-corrected chi connectivity index (χ2v) is 5.40. The normalized spacial score (nSPS) is 13.2.